The van der Waals surface area contributed by atoms with Gasteiger partial charge in [0.05, 0.1) is 22.5 Å². The van der Waals surface area contributed by atoms with Gasteiger partial charge in [-0.1, -0.05) is 76.6 Å². The molecule has 5 rings (SSSR count). The van der Waals surface area contributed by atoms with Crippen LogP contribution in [0.15, 0.2) is 95.6 Å². The Kier molecular flexibility index (Phi) is 7.60. The molecule has 2 amide bonds. The van der Waals surface area contributed by atoms with Crippen LogP contribution < -0.4 is 10.6 Å². The van der Waals surface area contributed by atoms with Crippen molar-refractivity contribution < 1.29 is 9.59 Å². The molecular weight excluding hydrogens is 542 g/mol. The Labute approximate surface area is 229 Å². The summed E-state index contributed by atoms with van der Waals surface area (Å²) in [6.07, 6.45) is 2.38. The zero-order chi connectivity index (χ0) is 26.5. The maximum atomic E-state index is 13.6. The summed E-state index contributed by atoms with van der Waals surface area (Å²) >= 11 is 3.46. The highest BCUT2D eigenvalue weighted by molar-refractivity contribution is 9.10. The monoisotopic (exact) mass is 567 g/mol. The van der Waals surface area contributed by atoms with Gasteiger partial charge in [-0.05, 0) is 43.2 Å². The number of pyridine rings is 1. The van der Waals surface area contributed by atoms with E-state index in [1.807, 2.05) is 85.8 Å². The van der Waals surface area contributed by atoms with Gasteiger partial charge in [0, 0.05) is 34.7 Å². The molecule has 2 aromatic heterocycles. The zero-order valence-corrected chi connectivity index (χ0v) is 22.4. The molecule has 7 nitrogen and oxygen atoms in total. The molecule has 2 N–H and O–H groups in total. The van der Waals surface area contributed by atoms with Crippen molar-refractivity contribution in [1.29, 1.82) is 0 Å². The van der Waals surface area contributed by atoms with Gasteiger partial charge in [0.2, 0.25) is 0 Å². The first kappa shape index (κ1) is 25.4. The van der Waals surface area contributed by atoms with Crippen molar-refractivity contribution in [3.8, 4) is 11.3 Å². The number of halogens is 1. The molecule has 0 fully saturated rings. The van der Waals surface area contributed by atoms with E-state index >= 15 is 0 Å². The van der Waals surface area contributed by atoms with Gasteiger partial charge >= 0.3 is 0 Å². The Balaban J connectivity index is 1.41. The molecule has 0 aliphatic carbocycles. The van der Waals surface area contributed by atoms with Crippen molar-refractivity contribution in [2.45, 2.75) is 19.9 Å². The van der Waals surface area contributed by atoms with Crippen molar-refractivity contribution in [3.63, 3.8) is 0 Å². The molecule has 38 heavy (non-hydrogen) atoms. The van der Waals surface area contributed by atoms with Crippen LogP contribution >= 0.6 is 15.9 Å². The zero-order valence-electron chi connectivity index (χ0n) is 20.8. The van der Waals surface area contributed by atoms with E-state index in [0.29, 0.717) is 42.0 Å². The number of carbonyl (C=O) groups is 2. The Morgan fingerprint density at radius 3 is 2.42 bits per heavy atom. The van der Waals surface area contributed by atoms with Crippen LogP contribution in [0.3, 0.4) is 0 Å². The lowest BCUT2D eigenvalue weighted by Crippen LogP contribution is -2.27. The van der Waals surface area contributed by atoms with Crippen molar-refractivity contribution in [2.24, 2.45) is 0 Å². The Morgan fingerprint density at radius 2 is 1.66 bits per heavy atom. The molecular formula is C30H26BrN5O2. The molecule has 0 saturated heterocycles. The normalized spacial score (nSPS) is 10.9. The number of rotatable bonds is 8. The van der Waals surface area contributed by atoms with E-state index in [2.05, 4.69) is 31.7 Å². The van der Waals surface area contributed by atoms with E-state index < -0.39 is 0 Å². The number of aryl methyl sites for hydroxylation is 1. The van der Waals surface area contributed by atoms with E-state index in [1.54, 1.807) is 16.9 Å². The largest absolute Gasteiger partial charge is 0.350 e. The van der Waals surface area contributed by atoms with Gasteiger partial charge in [0.15, 0.2) is 5.69 Å². The molecule has 0 aliphatic heterocycles. The highest BCUT2D eigenvalue weighted by Gasteiger charge is 2.21. The lowest BCUT2D eigenvalue weighted by molar-refractivity contribution is 0.0949. The molecule has 0 aliphatic rings. The van der Waals surface area contributed by atoms with Crippen LogP contribution in [0.1, 0.15) is 33.3 Å². The lowest BCUT2D eigenvalue weighted by atomic mass is 10.0. The predicted molar refractivity (Wildman–Crippen MR) is 153 cm³/mol. The van der Waals surface area contributed by atoms with Crippen molar-refractivity contribution in [2.75, 3.05) is 11.9 Å². The van der Waals surface area contributed by atoms with Crippen molar-refractivity contribution in [3.05, 3.63) is 112 Å². The van der Waals surface area contributed by atoms with Crippen LogP contribution in [0, 0.1) is 0 Å². The topological polar surface area (TPSA) is 88.9 Å². The molecule has 3 aromatic carbocycles. The minimum atomic E-state index is -0.337. The van der Waals surface area contributed by atoms with E-state index in [-0.39, 0.29) is 17.5 Å². The van der Waals surface area contributed by atoms with Crippen LogP contribution in [0.2, 0.25) is 0 Å². The number of para-hydroxylation sites is 1. The van der Waals surface area contributed by atoms with Gasteiger partial charge in [-0.15, -0.1) is 0 Å². The average molecular weight is 568 g/mol. The fourth-order valence-electron chi connectivity index (χ4n) is 4.21. The molecule has 0 atom stereocenters. The number of benzene rings is 3. The fourth-order valence-corrected chi connectivity index (χ4v) is 4.48. The Bertz CT molecular complexity index is 1600. The minimum Gasteiger partial charge on any atom is -0.350 e. The van der Waals surface area contributed by atoms with Crippen LogP contribution in [-0.4, -0.2) is 33.1 Å². The van der Waals surface area contributed by atoms with E-state index in [4.69, 9.17) is 4.98 Å². The highest BCUT2D eigenvalue weighted by atomic mass is 79.9. The van der Waals surface area contributed by atoms with E-state index in [9.17, 15) is 9.59 Å². The van der Waals surface area contributed by atoms with Crippen LogP contribution in [0.5, 0.6) is 0 Å². The number of fused-ring (bicyclic) bond motifs is 1. The number of hydrogen-bond donors (Lipinski definition) is 2. The quantitative estimate of drug-likeness (QED) is 0.237. The molecule has 2 heterocycles. The van der Waals surface area contributed by atoms with E-state index in [0.717, 1.165) is 21.0 Å². The van der Waals surface area contributed by atoms with Crippen LogP contribution in [0.25, 0.3) is 22.2 Å². The second-order valence-electron chi connectivity index (χ2n) is 8.77. The summed E-state index contributed by atoms with van der Waals surface area (Å²) in [5.74, 6) is -0.672. The summed E-state index contributed by atoms with van der Waals surface area (Å²) in [6, 6.07) is 27.0. The second-order valence-corrected chi connectivity index (χ2v) is 9.69. The first-order chi connectivity index (χ1) is 18.5. The molecule has 5 aromatic rings. The molecule has 0 spiro atoms. The van der Waals surface area contributed by atoms with Gasteiger partial charge in [-0.25, -0.2) is 4.98 Å². The fraction of sp³-hybridized carbons (Fsp3) is 0.133. The molecule has 8 heteroatoms. The van der Waals surface area contributed by atoms with Crippen LogP contribution in [-0.2, 0) is 13.0 Å². The maximum Gasteiger partial charge on any atom is 0.273 e. The summed E-state index contributed by atoms with van der Waals surface area (Å²) in [5, 5.41) is 11.0. The first-order valence-corrected chi connectivity index (χ1v) is 13.2. The third-order valence-electron chi connectivity index (χ3n) is 6.19. The Morgan fingerprint density at radius 1 is 0.921 bits per heavy atom. The number of anilines is 1. The third-order valence-corrected chi connectivity index (χ3v) is 6.72. The highest BCUT2D eigenvalue weighted by Crippen LogP contribution is 2.27. The standard InChI is InChI=1S/C30H26BrN5O2/c1-2-36-19-27(28(35-36)30(38)32-17-16-20-8-4-3-5-9-20)34-29(37)24-18-26(21-12-14-22(31)15-13-21)33-25-11-7-6-10-23(24)25/h3-15,18-19H,2,16-17H2,1H3,(H,32,38)(H,34,37). The molecule has 0 unspecified atom stereocenters. The third kappa shape index (κ3) is 5.65. The number of aromatic nitrogens is 3. The van der Waals surface area contributed by atoms with Gasteiger partial charge in [0.25, 0.3) is 11.8 Å². The van der Waals surface area contributed by atoms with Gasteiger partial charge < -0.3 is 10.6 Å². The summed E-state index contributed by atoms with van der Waals surface area (Å²) in [6.45, 7) is 2.95. The maximum absolute atomic E-state index is 13.6. The summed E-state index contributed by atoms with van der Waals surface area (Å²) in [5.41, 5.74) is 4.43. The van der Waals surface area contributed by atoms with Crippen molar-refractivity contribution in [1.82, 2.24) is 20.1 Å². The average Bonchev–Trinajstić information content (AvgIpc) is 3.36. The first-order valence-electron chi connectivity index (χ1n) is 12.4. The number of amides is 2. The number of nitrogens with one attached hydrogen (secondary N) is 2. The van der Waals surface area contributed by atoms with Gasteiger partial charge in [-0.2, -0.15) is 5.10 Å². The molecule has 0 saturated carbocycles. The number of carbonyl (C=O) groups excluding carboxylic acids is 2. The summed E-state index contributed by atoms with van der Waals surface area (Å²) in [7, 11) is 0. The number of nitrogens with zero attached hydrogens (tertiary/aromatic N) is 3. The summed E-state index contributed by atoms with van der Waals surface area (Å²) in [4.78, 5) is 31.4. The summed E-state index contributed by atoms with van der Waals surface area (Å²) < 4.78 is 2.60. The van der Waals surface area contributed by atoms with Gasteiger partial charge in [0.1, 0.15) is 0 Å². The number of hydrogen-bond acceptors (Lipinski definition) is 4. The smallest absolute Gasteiger partial charge is 0.273 e. The molecule has 0 radical (unpaired) electrons. The molecule has 190 valence electrons. The predicted octanol–water partition coefficient (Wildman–Crippen LogP) is 6.11. The van der Waals surface area contributed by atoms with Crippen LogP contribution in [0.4, 0.5) is 5.69 Å². The lowest BCUT2D eigenvalue weighted by Gasteiger charge is -2.11. The SMILES string of the molecule is CCn1cc(NC(=O)c2cc(-c3ccc(Br)cc3)nc3ccccc23)c(C(=O)NCCc2ccccc2)n1. The minimum absolute atomic E-state index is 0.180. The van der Waals surface area contributed by atoms with Gasteiger partial charge in [-0.3, -0.25) is 14.3 Å². The molecule has 0 bridgehead atoms. The van der Waals surface area contributed by atoms with E-state index in [1.165, 1.54) is 0 Å². The second kappa shape index (κ2) is 11.4. The van der Waals surface area contributed by atoms with Crippen molar-refractivity contribution >= 4 is 44.3 Å². The Hall–Kier alpha value is -4.30.